The molecule has 2 heterocycles. The lowest BCUT2D eigenvalue weighted by Crippen LogP contribution is -2.42. The number of likely N-dealkylation sites (N-methyl/N-ethyl adjacent to an activating group) is 1. The molecule has 0 saturated carbocycles. The van der Waals surface area contributed by atoms with E-state index in [1.807, 2.05) is 6.07 Å². The van der Waals surface area contributed by atoms with E-state index in [9.17, 15) is 0 Å². The highest BCUT2D eigenvalue weighted by Crippen LogP contribution is 2.50. The highest BCUT2D eigenvalue weighted by molar-refractivity contribution is 9.10. The minimum Gasteiger partial charge on any atom is -0.373 e. The zero-order chi connectivity index (χ0) is 12.0. The number of rotatable bonds is 0. The van der Waals surface area contributed by atoms with Gasteiger partial charge in [0.25, 0.3) is 0 Å². The molecule has 3 rings (SSSR count). The monoisotopic (exact) mass is 314 g/mol. The van der Waals surface area contributed by atoms with Gasteiger partial charge in [0.05, 0.1) is 5.02 Å². The van der Waals surface area contributed by atoms with E-state index in [-0.39, 0.29) is 0 Å². The average molecular weight is 316 g/mol. The van der Waals surface area contributed by atoms with Crippen molar-refractivity contribution in [2.24, 2.45) is 0 Å². The molecule has 1 saturated heterocycles. The van der Waals surface area contributed by atoms with Crippen molar-refractivity contribution in [2.75, 3.05) is 31.6 Å². The zero-order valence-electron chi connectivity index (χ0n) is 9.89. The Hall–Kier alpha value is -0.250. The van der Waals surface area contributed by atoms with Gasteiger partial charge >= 0.3 is 0 Å². The second-order valence-corrected chi connectivity index (χ2v) is 6.34. The first-order valence-electron chi connectivity index (χ1n) is 6.04. The van der Waals surface area contributed by atoms with Gasteiger partial charge in [-0.05, 0) is 59.6 Å². The van der Waals surface area contributed by atoms with E-state index in [1.54, 1.807) is 0 Å². The first-order valence-corrected chi connectivity index (χ1v) is 7.21. The summed E-state index contributed by atoms with van der Waals surface area (Å²) >= 11 is 9.95. The summed E-state index contributed by atoms with van der Waals surface area (Å²) in [5.74, 6) is 0. The summed E-state index contributed by atoms with van der Waals surface area (Å²) in [6.45, 7) is 3.32. The molecule has 1 spiro atoms. The average Bonchev–Trinajstić information content (AvgIpc) is 2.58. The summed E-state index contributed by atoms with van der Waals surface area (Å²) in [7, 11) is 2.18. The molecule has 1 fully saturated rings. The smallest absolute Gasteiger partial charge is 0.0552 e. The first kappa shape index (κ1) is 11.8. The maximum Gasteiger partial charge on any atom is 0.0552 e. The zero-order valence-corrected chi connectivity index (χ0v) is 12.2. The van der Waals surface area contributed by atoms with Crippen LogP contribution in [0.5, 0.6) is 0 Å². The summed E-state index contributed by atoms with van der Waals surface area (Å²) in [5.41, 5.74) is 3.05. The predicted molar refractivity (Wildman–Crippen MR) is 76.2 cm³/mol. The van der Waals surface area contributed by atoms with Crippen molar-refractivity contribution < 1.29 is 0 Å². The third kappa shape index (κ3) is 1.71. The highest BCUT2D eigenvalue weighted by Gasteiger charge is 2.43. The Morgan fingerprint density at radius 2 is 2.06 bits per heavy atom. The fraction of sp³-hybridized carbons (Fsp3) is 0.538. The molecule has 4 heteroatoms. The fourth-order valence-corrected chi connectivity index (χ4v) is 4.21. The van der Waals surface area contributed by atoms with Gasteiger partial charge in [-0.1, -0.05) is 11.6 Å². The minimum atomic E-state index is 0.291. The van der Waals surface area contributed by atoms with Crippen molar-refractivity contribution in [1.29, 1.82) is 0 Å². The molecule has 2 aliphatic heterocycles. The minimum absolute atomic E-state index is 0.291. The van der Waals surface area contributed by atoms with E-state index in [0.717, 1.165) is 29.1 Å². The molecule has 0 radical (unpaired) electrons. The number of hydrogen-bond donors (Lipinski definition) is 1. The highest BCUT2D eigenvalue weighted by atomic mass is 79.9. The number of fused-ring (bicyclic) bond motifs is 2. The van der Waals surface area contributed by atoms with Crippen LogP contribution in [0.1, 0.15) is 18.4 Å². The normalized spacial score (nSPS) is 21.9. The number of hydrogen-bond acceptors (Lipinski definition) is 2. The van der Waals surface area contributed by atoms with E-state index in [2.05, 4.69) is 39.3 Å². The number of piperidine rings is 1. The molecule has 2 aliphatic rings. The predicted octanol–water partition coefficient (Wildman–Crippen LogP) is 3.17. The van der Waals surface area contributed by atoms with Crippen molar-refractivity contribution in [3.8, 4) is 0 Å². The molecule has 0 atom stereocenters. The molecule has 17 heavy (non-hydrogen) atoms. The van der Waals surface area contributed by atoms with Crippen LogP contribution in [0.15, 0.2) is 16.6 Å². The quantitative estimate of drug-likeness (QED) is 0.791. The van der Waals surface area contributed by atoms with Crippen LogP contribution in [0.4, 0.5) is 5.69 Å². The third-order valence-corrected chi connectivity index (χ3v) is 5.48. The van der Waals surface area contributed by atoms with Crippen molar-refractivity contribution in [3.05, 3.63) is 27.2 Å². The molecule has 2 nitrogen and oxygen atoms in total. The van der Waals surface area contributed by atoms with Crippen LogP contribution in [0.25, 0.3) is 0 Å². The van der Waals surface area contributed by atoms with E-state index in [0.29, 0.717) is 5.41 Å². The Morgan fingerprint density at radius 3 is 2.76 bits per heavy atom. The van der Waals surface area contributed by atoms with Gasteiger partial charge < -0.3 is 10.2 Å². The van der Waals surface area contributed by atoms with Crippen LogP contribution in [0.3, 0.4) is 0 Å². The van der Waals surface area contributed by atoms with Gasteiger partial charge in [-0.15, -0.1) is 0 Å². The van der Waals surface area contributed by atoms with Gasteiger partial charge in [0, 0.05) is 29.2 Å². The van der Waals surface area contributed by atoms with E-state index >= 15 is 0 Å². The van der Waals surface area contributed by atoms with Gasteiger partial charge in [0.2, 0.25) is 0 Å². The second kappa shape index (κ2) is 4.15. The lowest BCUT2D eigenvalue weighted by atomic mass is 9.75. The SMILES string of the molecule is CN1CC2(CCNCC2)c2c1ccc(Cl)c2Br. The Balaban J connectivity index is 2.16. The van der Waals surface area contributed by atoms with E-state index in [4.69, 9.17) is 11.6 Å². The van der Waals surface area contributed by atoms with Gasteiger partial charge in [-0.2, -0.15) is 0 Å². The number of anilines is 1. The second-order valence-electron chi connectivity index (χ2n) is 5.14. The standard InChI is InChI=1S/C13H16BrClN2/c1-17-8-13(4-6-16-7-5-13)11-10(17)3-2-9(15)12(11)14/h2-3,16H,4-8H2,1H3. The molecule has 1 aromatic carbocycles. The van der Waals surface area contributed by atoms with Crippen LogP contribution < -0.4 is 10.2 Å². The molecule has 0 amide bonds. The maximum atomic E-state index is 6.26. The Kier molecular flexibility index (Phi) is 2.88. The van der Waals surface area contributed by atoms with Gasteiger partial charge in [0.15, 0.2) is 0 Å². The van der Waals surface area contributed by atoms with Crippen molar-refractivity contribution in [2.45, 2.75) is 18.3 Å². The Bertz CT molecular complexity index is 455. The first-order chi connectivity index (χ1) is 8.14. The van der Waals surface area contributed by atoms with Crippen molar-refractivity contribution >= 4 is 33.2 Å². The van der Waals surface area contributed by atoms with Gasteiger partial charge in [-0.25, -0.2) is 0 Å². The lowest BCUT2D eigenvalue weighted by molar-refractivity contribution is 0.327. The molecule has 92 valence electrons. The third-order valence-electron chi connectivity index (χ3n) is 4.11. The number of benzene rings is 1. The number of halogens is 2. The van der Waals surface area contributed by atoms with E-state index in [1.165, 1.54) is 24.1 Å². The van der Waals surface area contributed by atoms with Crippen LogP contribution in [-0.4, -0.2) is 26.7 Å². The summed E-state index contributed by atoms with van der Waals surface area (Å²) in [5, 5.41) is 4.28. The van der Waals surface area contributed by atoms with Crippen LogP contribution in [-0.2, 0) is 5.41 Å². The molecule has 0 aromatic heterocycles. The Labute approximate surface area is 115 Å². The summed E-state index contributed by atoms with van der Waals surface area (Å²) in [6.07, 6.45) is 2.40. The maximum absolute atomic E-state index is 6.26. The topological polar surface area (TPSA) is 15.3 Å². The number of nitrogens with one attached hydrogen (secondary N) is 1. The lowest BCUT2D eigenvalue weighted by Gasteiger charge is -2.35. The molecule has 0 unspecified atom stereocenters. The Morgan fingerprint density at radius 1 is 1.35 bits per heavy atom. The van der Waals surface area contributed by atoms with Gasteiger partial charge in [-0.3, -0.25) is 0 Å². The van der Waals surface area contributed by atoms with Crippen LogP contribution in [0.2, 0.25) is 5.02 Å². The summed E-state index contributed by atoms with van der Waals surface area (Å²) < 4.78 is 1.10. The number of nitrogens with zero attached hydrogens (tertiary/aromatic N) is 1. The molecular weight excluding hydrogens is 300 g/mol. The molecule has 1 N–H and O–H groups in total. The van der Waals surface area contributed by atoms with Crippen molar-refractivity contribution in [1.82, 2.24) is 5.32 Å². The largest absolute Gasteiger partial charge is 0.373 e. The fourth-order valence-electron chi connectivity index (χ4n) is 3.29. The van der Waals surface area contributed by atoms with Crippen LogP contribution in [0, 0.1) is 0 Å². The molecular formula is C13H16BrClN2. The van der Waals surface area contributed by atoms with Crippen molar-refractivity contribution in [3.63, 3.8) is 0 Å². The summed E-state index contributed by atoms with van der Waals surface area (Å²) in [4.78, 5) is 2.36. The summed E-state index contributed by atoms with van der Waals surface area (Å²) in [6, 6.07) is 4.14. The molecule has 1 aromatic rings. The molecule has 0 bridgehead atoms. The molecule has 0 aliphatic carbocycles. The van der Waals surface area contributed by atoms with Gasteiger partial charge in [0.1, 0.15) is 0 Å². The van der Waals surface area contributed by atoms with E-state index < -0.39 is 0 Å². The van der Waals surface area contributed by atoms with Crippen LogP contribution >= 0.6 is 27.5 Å².